The Morgan fingerprint density at radius 1 is 1.53 bits per heavy atom. The summed E-state index contributed by atoms with van der Waals surface area (Å²) in [4.78, 5) is 13.8. The van der Waals surface area contributed by atoms with Crippen molar-refractivity contribution in [1.29, 1.82) is 0 Å². The quantitative estimate of drug-likeness (QED) is 0.368. The van der Waals surface area contributed by atoms with Gasteiger partial charge in [-0.1, -0.05) is 23.9 Å². The molecular formula is C9H11N3O2S. The van der Waals surface area contributed by atoms with E-state index in [1.165, 1.54) is 23.9 Å². The molecule has 0 amide bonds. The number of non-ortho nitro benzene ring substituents is 1. The first-order chi connectivity index (χ1) is 7.13. The standard InChI is InChI=1S/C9H11N3O2S/c1-11-9(10)15-6-7-2-4-8(5-3-7)12(13)14/h2-5H,6H2,1H3,(H2,10,11). The largest absolute Gasteiger partial charge is 0.379 e. The summed E-state index contributed by atoms with van der Waals surface area (Å²) in [7, 11) is 1.62. The number of hydrogen-bond acceptors (Lipinski definition) is 4. The predicted octanol–water partition coefficient (Wildman–Crippen LogP) is 1.77. The van der Waals surface area contributed by atoms with Crippen molar-refractivity contribution in [2.75, 3.05) is 7.05 Å². The van der Waals surface area contributed by atoms with E-state index in [-0.39, 0.29) is 5.69 Å². The van der Waals surface area contributed by atoms with E-state index < -0.39 is 4.92 Å². The molecule has 1 aromatic carbocycles. The van der Waals surface area contributed by atoms with Crippen LogP contribution in [0.25, 0.3) is 0 Å². The molecule has 0 atom stereocenters. The number of rotatable bonds is 3. The summed E-state index contributed by atoms with van der Waals surface area (Å²) in [6.07, 6.45) is 0. The maximum atomic E-state index is 10.4. The molecule has 6 heteroatoms. The van der Waals surface area contributed by atoms with Crippen molar-refractivity contribution in [3.63, 3.8) is 0 Å². The van der Waals surface area contributed by atoms with Gasteiger partial charge in [-0.25, -0.2) is 0 Å². The molecule has 0 aromatic heterocycles. The Hall–Kier alpha value is -1.56. The summed E-state index contributed by atoms with van der Waals surface area (Å²) >= 11 is 1.40. The van der Waals surface area contributed by atoms with Gasteiger partial charge < -0.3 is 5.73 Å². The van der Waals surface area contributed by atoms with Crippen molar-refractivity contribution in [1.82, 2.24) is 0 Å². The fourth-order valence-corrected chi connectivity index (χ4v) is 1.57. The number of aliphatic imine (C=N–C) groups is 1. The normalized spacial score (nSPS) is 11.4. The Kier molecular flexibility index (Phi) is 4.11. The zero-order valence-corrected chi connectivity index (χ0v) is 9.03. The minimum atomic E-state index is -0.418. The van der Waals surface area contributed by atoms with Crippen LogP contribution in [0.2, 0.25) is 0 Å². The number of benzene rings is 1. The van der Waals surface area contributed by atoms with E-state index in [9.17, 15) is 10.1 Å². The van der Waals surface area contributed by atoms with E-state index in [1.807, 2.05) is 0 Å². The Morgan fingerprint density at radius 2 is 2.13 bits per heavy atom. The third-order valence-corrected chi connectivity index (χ3v) is 2.71. The molecule has 0 heterocycles. The summed E-state index contributed by atoms with van der Waals surface area (Å²) in [5, 5.41) is 10.9. The van der Waals surface area contributed by atoms with Crippen LogP contribution < -0.4 is 5.73 Å². The Morgan fingerprint density at radius 3 is 2.60 bits per heavy atom. The molecule has 0 saturated heterocycles. The van der Waals surface area contributed by atoms with Gasteiger partial charge in [0.1, 0.15) is 0 Å². The Bertz CT molecular complexity index is 375. The van der Waals surface area contributed by atoms with Gasteiger partial charge in [0.05, 0.1) is 4.92 Å². The first-order valence-electron chi connectivity index (χ1n) is 4.22. The molecule has 0 saturated carbocycles. The van der Waals surface area contributed by atoms with E-state index in [2.05, 4.69) is 4.99 Å². The number of nitro groups is 1. The smallest absolute Gasteiger partial charge is 0.269 e. The number of hydrogen-bond donors (Lipinski definition) is 1. The average Bonchev–Trinajstić information content (AvgIpc) is 2.26. The highest BCUT2D eigenvalue weighted by Gasteiger charge is 2.04. The molecule has 1 aromatic rings. The zero-order chi connectivity index (χ0) is 11.3. The van der Waals surface area contributed by atoms with E-state index in [0.717, 1.165) is 5.56 Å². The second kappa shape index (κ2) is 5.35. The van der Waals surface area contributed by atoms with E-state index >= 15 is 0 Å². The summed E-state index contributed by atoms with van der Waals surface area (Å²) in [5.74, 6) is 0.668. The van der Waals surface area contributed by atoms with Crippen LogP contribution in [0.5, 0.6) is 0 Å². The Balaban J connectivity index is 2.61. The molecule has 5 nitrogen and oxygen atoms in total. The van der Waals surface area contributed by atoms with Gasteiger partial charge in [-0.05, 0) is 5.56 Å². The van der Waals surface area contributed by atoms with E-state index in [1.54, 1.807) is 19.2 Å². The molecule has 1 rings (SSSR count). The van der Waals surface area contributed by atoms with Crippen LogP contribution >= 0.6 is 11.8 Å². The third kappa shape index (κ3) is 3.59. The average molecular weight is 225 g/mol. The highest BCUT2D eigenvalue weighted by molar-refractivity contribution is 8.13. The van der Waals surface area contributed by atoms with E-state index in [0.29, 0.717) is 10.9 Å². The highest BCUT2D eigenvalue weighted by atomic mass is 32.2. The number of nitrogens with two attached hydrogens (primary N) is 1. The minimum Gasteiger partial charge on any atom is -0.379 e. The predicted molar refractivity (Wildman–Crippen MR) is 61.9 cm³/mol. The molecule has 0 aliphatic rings. The van der Waals surface area contributed by atoms with Crippen LogP contribution in [-0.2, 0) is 5.75 Å². The third-order valence-electron chi connectivity index (χ3n) is 1.75. The summed E-state index contributed by atoms with van der Waals surface area (Å²) < 4.78 is 0. The minimum absolute atomic E-state index is 0.0980. The van der Waals surface area contributed by atoms with Gasteiger partial charge >= 0.3 is 0 Å². The highest BCUT2D eigenvalue weighted by Crippen LogP contribution is 2.16. The lowest BCUT2D eigenvalue weighted by molar-refractivity contribution is -0.384. The van der Waals surface area contributed by atoms with Crippen LogP contribution in [0.4, 0.5) is 5.69 Å². The maximum Gasteiger partial charge on any atom is 0.269 e. The van der Waals surface area contributed by atoms with Gasteiger partial charge in [-0.15, -0.1) is 0 Å². The molecule has 0 spiro atoms. The van der Waals surface area contributed by atoms with Crippen molar-refractivity contribution in [3.8, 4) is 0 Å². The van der Waals surface area contributed by atoms with Crippen LogP contribution in [0.1, 0.15) is 5.56 Å². The van der Waals surface area contributed by atoms with Crippen molar-refractivity contribution in [2.45, 2.75) is 5.75 Å². The molecular weight excluding hydrogens is 214 g/mol. The van der Waals surface area contributed by atoms with Crippen molar-refractivity contribution in [2.24, 2.45) is 10.7 Å². The van der Waals surface area contributed by atoms with Crippen molar-refractivity contribution >= 4 is 22.6 Å². The van der Waals surface area contributed by atoms with E-state index in [4.69, 9.17) is 5.73 Å². The number of thioether (sulfide) groups is 1. The molecule has 80 valence electrons. The zero-order valence-electron chi connectivity index (χ0n) is 8.21. The summed E-state index contributed by atoms with van der Waals surface area (Å²) in [6, 6.07) is 6.40. The van der Waals surface area contributed by atoms with Gasteiger partial charge in [0.2, 0.25) is 0 Å². The molecule has 0 aliphatic heterocycles. The molecule has 0 bridgehead atoms. The van der Waals surface area contributed by atoms with Crippen molar-refractivity contribution in [3.05, 3.63) is 39.9 Å². The molecule has 0 fully saturated rings. The first-order valence-corrected chi connectivity index (χ1v) is 5.20. The summed E-state index contributed by atoms with van der Waals surface area (Å²) in [6.45, 7) is 0. The molecule has 15 heavy (non-hydrogen) atoms. The lowest BCUT2D eigenvalue weighted by Gasteiger charge is -2.00. The van der Waals surface area contributed by atoms with Gasteiger partial charge in [-0.2, -0.15) is 0 Å². The van der Waals surface area contributed by atoms with Gasteiger partial charge in [-0.3, -0.25) is 15.1 Å². The van der Waals surface area contributed by atoms with Gasteiger partial charge in [0, 0.05) is 24.9 Å². The van der Waals surface area contributed by atoms with Gasteiger partial charge in [0.25, 0.3) is 5.69 Å². The second-order valence-electron chi connectivity index (χ2n) is 2.77. The number of nitrogens with zero attached hydrogens (tertiary/aromatic N) is 2. The molecule has 0 unspecified atom stereocenters. The SMILES string of the molecule is CN=C(N)SCc1ccc([N+](=O)[O-])cc1. The van der Waals surface area contributed by atoms with Gasteiger partial charge in [0.15, 0.2) is 5.17 Å². The second-order valence-corrected chi connectivity index (χ2v) is 3.77. The van der Waals surface area contributed by atoms with Crippen LogP contribution in [0, 0.1) is 10.1 Å². The molecule has 0 aliphatic carbocycles. The number of nitro benzene ring substituents is 1. The van der Waals surface area contributed by atoms with Crippen LogP contribution in [0.15, 0.2) is 29.3 Å². The Labute approximate surface area is 91.5 Å². The molecule has 2 N–H and O–H groups in total. The fourth-order valence-electron chi connectivity index (χ4n) is 0.936. The maximum absolute atomic E-state index is 10.4. The lowest BCUT2D eigenvalue weighted by Crippen LogP contribution is -2.05. The fraction of sp³-hybridized carbons (Fsp3) is 0.222. The lowest BCUT2D eigenvalue weighted by atomic mass is 10.2. The van der Waals surface area contributed by atoms with Crippen molar-refractivity contribution < 1.29 is 4.92 Å². The number of amidine groups is 1. The monoisotopic (exact) mass is 225 g/mol. The summed E-state index contributed by atoms with van der Waals surface area (Å²) in [5.41, 5.74) is 6.59. The van der Waals surface area contributed by atoms with Crippen LogP contribution in [-0.4, -0.2) is 17.1 Å². The van der Waals surface area contributed by atoms with Crippen LogP contribution in [0.3, 0.4) is 0 Å². The first kappa shape index (κ1) is 11.5. The topological polar surface area (TPSA) is 81.5 Å². The molecule has 0 radical (unpaired) electrons.